The van der Waals surface area contributed by atoms with Crippen LogP contribution in [0.1, 0.15) is 29.8 Å². The molecule has 3 nitrogen and oxygen atoms in total. The number of carboxylic acid groups (broad SMARTS) is 1. The number of rotatable bonds is 6. The summed E-state index contributed by atoms with van der Waals surface area (Å²) in [6.45, 7) is 0. The molecule has 24 heavy (non-hydrogen) atoms. The number of hydrogen-bond acceptors (Lipinski definition) is 3. The maximum absolute atomic E-state index is 10.8. The van der Waals surface area contributed by atoms with Gasteiger partial charge in [0.25, 0.3) is 0 Å². The van der Waals surface area contributed by atoms with Crippen molar-refractivity contribution in [3.63, 3.8) is 0 Å². The molecule has 2 aromatic carbocycles. The first-order valence-electron chi connectivity index (χ1n) is 7.66. The monoisotopic (exact) mass is 357 g/mol. The van der Waals surface area contributed by atoms with E-state index in [0.29, 0.717) is 17.9 Å². The van der Waals surface area contributed by atoms with Crippen molar-refractivity contribution in [1.82, 2.24) is 4.98 Å². The van der Waals surface area contributed by atoms with Crippen molar-refractivity contribution >= 4 is 50.8 Å². The van der Waals surface area contributed by atoms with Gasteiger partial charge in [-0.15, -0.1) is 11.3 Å². The van der Waals surface area contributed by atoms with Crippen LogP contribution in [0.15, 0.2) is 48.5 Å². The minimum atomic E-state index is -0.781. The van der Waals surface area contributed by atoms with Crippen molar-refractivity contribution in [2.45, 2.75) is 19.3 Å². The van der Waals surface area contributed by atoms with Gasteiger partial charge in [0.15, 0.2) is 0 Å². The van der Waals surface area contributed by atoms with Crippen LogP contribution in [0.25, 0.3) is 21.9 Å². The first kappa shape index (κ1) is 16.7. The van der Waals surface area contributed by atoms with E-state index in [-0.39, 0.29) is 6.42 Å². The molecule has 5 heteroatoms. The fraction of sp³-hybridized carbons (Fsp3) is 0.158. The van der Waals surface area contributed by atoms with Crippen LogP contribution in [0, 0.1) is 0 Å². The fourth-order valence-electron chi connectivity index (χ4n) is 2.46. The number of aromatic nitrogens is 1. The zero-order chi connectivity index (χ0) is 16.9. The predicted octanol–water partition coefficient (Wildman–Crippen LogP) is 5.75. The van der Waals surface area contributed by atoms with E-state index in [9.17, 15) is 4.79 Å². The molecular weight excluding hydrogens is 342 g/mol. The Morgan fingerprint density at radius 3 is 2.62 bits per heavy atom. The van der Waals surface area contributed by atoms with Crippen LogP contribution >= 0.6 is 22.9 Å². The van der Waals surface area contributed by atoms with Crippen molar-refractivity contribution in [2.75, 3.05) is 0 Å². The minimum absolute atomic E-state index is 0.144. The van der Waals surface area contributed by atoms with Gasteiger partial charge in [0, 0.05) is 11.4 Å². The molecule has 1 heterocycles. The summed E-state index contributed by atoms with van der Waals surface area (Å²) in [4.78, 5) is 15.5. The quantitative estimate of drug-likeness (QED) is 0.611. The summed E-state index contributed by atoms with van der Waals surface area (Å²) in [6, 6.07) is 15.6. The zero-order valence-corrected chi connectivity index (χ0v) is 14.5. The number of fused-ring (bicyclic) bond motifs is 1. The summed E-state index contributed by atoms with van der Waals surface area (Å²) >= 11 is 7.88. The van der Waals surface area contributed by atoms with Gasteiger partial charge in [-0.1, -0.05) is 41.9 Å². The van der Waals surface area contributed by atoms with Crippen molar-refractivity contribution in [1.29, 1.82) is 0 Å². The molecule has 3 aromatic rings. The summed E-state index contributed by atoms with van der Waals surface area (Å²) in [6.07, 6.45) is 3.38. The van der Waals surface area contributed by atoms with Gasteiger partial charge in [0.05, 0.1) is 10.2 Å². The van der Waals surface area contributed by atoms with Crippen LogP contribution in [0.4, 0.5) is 0 Å². The standard InChI is InChI=1S/C19H16ClNO2S/c20-15-8-2-1-6-13(15)12-14(7-5-11-18(22)23)19-21-16-9-3-4-10-17(16)24-19/h1-4,6,8-10,12H,5,7,11H2,(H,22,23)/b14-12+. The van der Waals surface area contributed by atoms with E-state index in [0.717, 1.165) is 26.4 Å². The second-order valence-electron chi connectivity index (χ2n) is 5.43. The van der Waals surface area contributed by atoms with Gasteiger partial charge in [-0.3, -0.25) is 4.79 Å². The molecule has 0 fully saturated rings. The second kappa shape index (κ2) is 7.60. The number of carboxylic acids is 1. The highest BCUT2D eigenvalue weighted by molar-refractivity contribution is 7.19. The van der Waals surface area contributed by atoms with Gasteiger partial charge in [-0.05, 0) is 48.3 Å². The average molecular weight is 358 g/mol. The van der Waals surface area contributed by atoms with Crippen molar-refractivity contribution < 1.29 is 9.90 Å². The van der Waals surface area contributed by atoms with E-state index < -0.39 is 5.97 Å². The van der Waals surface area contributed by atoms with Crippen LogP contribution in [0.5, 0.6) is 0 Å². The first-order valence-corrected chi connectivity index (χ1v) is 8.86. The van der Waals surface area contributed by atoms with Crippen LogP contribution in [-0.4, -0.2) is 16.1 Å². The van der Waals surface area contributed by atoms with Crippen LogP contribution < -0.4 is 0 Å². The summed E-state index contributed by atoms with van der Waals surface area (Å²) in [7, 11) is 0. The largest absolute Gasteiger partial charge is 0.481 e. The molecule has 1 N–H and O–H groups in total. The maximum atomic E-state index is 10.8. The van der Waals surface area contributed by atoms with Gasteiger partial charge >= 0.3 is 5.97 Å². The molecular formula is C19H16ClNO2S. The third-order valence-electron chi connectivity index (χ3n) is 3.64. The summed E-state index contributed by atoms with van der Waals surface area (Å²) in [5.41, 5.74) is 2.90. The number of thiazole rings is 1. The number of halogens is 1. The maximum Gasteiger partial charge on any atom is 0.303 e. The molecule has 0 aliphatic rings. The third-order valence-corrected chi connectivity index (χ3v) is 5.10. The van der Waals surface area contributed by atoms with E-state index in [1.165, 1.54) is 0 Å². The SMILES string of the molecule is O=C(O)CCC/C(=C\c1ccccc1Cl)c1nc2ccccc2s1. The van der Waals surface area contributed by atoms with Crippen LogP contribution in [0.2, 0.25) is 5.02 Å². The zero-order valence-electron chi connectivity index (χ0n) is 12.9. The molecule has 0 radical (unpaired) electrons. The van der Waals surface area contributed by atoms with Gasteiger partial charge in [0.2, 0.25) is 0 Å². The molecule has 122 valence electrons. The van der Waals surface area contributed by atoms with Gasteiger partial charge in [-0.25, -0.2) is 4.98 Å². The fourth-order valence-corrected chi connectivity index (χ4v) is 3.66. The Balaban J connectivity index is 1.97. The van der Waals surface area contributed by atoms with Crippen LogP contribution in [0.3, 0.4) is 0 Å². The number of benzene rings is 2. The lowest BCUT2D eigenvalue weighted by Gasteiger charge is -2.05. The molecule has 0 atom stereocenters. The summed E-state index contributed by atoms with van der Waals surface area (Å²) < 4.78 is 1.12. The van der Waals surface area contributed by atoms with E-state index in [2.05, 4.69) is 0 Å². The van der Waals surface area contributed by atoms with E-state index >= 15 is 0 Å². The number of aliphatic carboxylic acids is 1. The Morgan fingerprint density at radius 2 is 1.88 bits per heavy atom. The number of nitrogens with zero attached hydrogens (tertiary/aromatic N) is 1. The predicted molar refractivity (Wildman–Crippen MR) is 100 cm³/mol. The molecule has 0 amide bonds. The Morgan fingerprint density at radius 1 is 1.12 bits per heavy atom. The molecule has 0 saturated carbocycles. The Hall–Kier alpha value is -2.17. The number of carbonyl (C=O) groups is 1. The lowest BCUT2D eigenvalue weighted by atomic mass is 10.1. The molecule has 3 rings (SSSR count). The lowest BCUT2D eigenvalue weighted by molar-refractivity contribution is -0.137. The topological polar surface area (TPSA) is 50.2 Å². The van der Waals surface area contributed by atoms with E-state index in [1.54, 1.807) is 11.3 Å². The number of allylic oxidation sites excluding steroid dienone is 1. The third kappa shape index (κ3) is 4.02. The highest BCUT2D eigenvalue weighted by atomic mass is 35.5. The normalized spacial score (nSPS) is 11.8. The first-order chi connectivity index (χ1) is 11.6. The van der Waals surface area contributed by atoms with E-state index in [4.69, 9.17) is 21.7 Å². The molecule has 0 unspecified atom stereocenters. The van der Waals surface area contributed by atoms with Gasteiger partial charge < -0.3 is 5.11 Å². The molecule has 0 aliphatic carbocycles. The summed E-state index contributed by atoms with van der Waals surface area (Å²) in [5.74, 6) is -0.781. The lowest BCUT2D eigenvalue weighted by Crippen LogP contribution is -1.94. The number of hydrogen-bond donors (Lipinski definition) is 1. The van der Waals surface area contributed by atoms with Crippen molar-refractivity contribution in [3.05, 3.63) is 64.1 Å². The minimum Gasteiger partial charge on any atom is -0.481 e. The Bertz CT molecular complexity index is 868. The smallest absolute Gasteiger partial charge is 0.303 e. The highest BCUT2D eigenvalue weighted by Gasteiger charge is 2.11. The van der Waals surface area contributed by atoms with Crippen molar-refractivity contribution in [3.8, 4) is 0 Å². The Labute approximate surface area is 149 Å². The van der Waals surface area contributed by atoms with E-state index in [1.807, 2.05) is 54.6 Å². The molecule has 0 spiro atoms. The molecule has 1 aromatic heterocycles. The highest BCUT2D eigenvalue weighted by Crippen LogP contribution is 2.32. The Kier molecular flexibility index (Phi) is 5.28. The molecule has 0 aliphatic heterocycles. The van der Waals surface area contributed by atoms with Crippen LogP contribution in [-0.2, 0) is 4.79 Å². The molecule has 0 saturated heterocycles. The number of para-hydroxylation sites is 1. The summed E-state index contributed by atoms with van der Waals surface area (Å²) in [5, 5.41) is 10.5. The molecule has 0 bridgehead atoms. The van der Waals surface area contributed by atoms with Crippen molar-refractivity contribution in [2.24, 2.45) is 0 Å². The van der Waals surface area contributed by atoms with Gasteiger partial charge in [0.1, 0.15) is 5.01 Å². The van der Waals surface area contributed by atoms with Gasteiger partial charge in [-0.2, -0.15) is 0 Å². The average Bonchev–Trinajstić information content (AvgIpc) is 2.99. The second-order valence-corrected chi connectivity index (χ2v) is 6.86.